The van der Waals surface area contributed by atoms with Gasteiger partial charge < -0.3 is 10.6 Å². The van der Waals surface area contributed by atoms with E-state index < -0.39 is 5.91 Å². The van der Waals surface area contributed by atoms with Gasteiger partial charge in [-0.3, -0.25) is 19.3 Å². The zero-order valence-corrected chi connectivity index (χ0v) is 15.6. The van der Waals surface area contributed by atoms with Crippen LogP contribution in [0.1, 0.15) is 46.5 Å². The number of nitrogens with zero attached hydrogens (tertiary/aromatic N) is 2. The Morgan fingerprint density at radius 2 is 1.88 bits per heavy atom. The Morgan fingerprint density at radius 1 is 1.24 bits per heavy atom. The predicted molar refractivity (Wildman–Crippen MR) is 96.7 cm³/mol. The van der Waals surface area contributed by atoms with Gasteiger partial charge in [0.15, 0.2) is 0 Å². The maximum Gasteiger partial charge on any atom is 0.262 e. The van der Waals surface area contributed by atoms with Crippen molar-refractivity contribution in [3.05, 3.63) is 34.9 Å². The van der Waals surface area contributed by atoms with Crippen LogP contribution in [0.15, 0.2) is 18.2 Å². The van der Waals surface area contributed by atoms with Gasteiger partial charge in [-0.25, -0.2) is 0 Å². The largest absolute Gasteiger partial charge is 0.340 e. The van der Waals surface area contributed by atoms with Crippen LogP contribution in [-0.2, 0) is 4.79 Å². The standard InChI is InChI=1S/C18H23N3O3.ClH/c1-11-4-5-12-13(8-11)17(24)21(16(12)23)9-15(22)20-7-6-14(19)18(2,3)10-20;/h4-5,8,14H,6-7,9-10,19H2,1-3H3;1H. The molecule has 2 heterocycles. The molecule has 136 valence electrons. The van der Waals surface area contributed by atoms with Crippen LogP contribution >= 0.6 is 12.4 Å². The minimum Gasteiger partial charge on any atom is -0.340 e. The Bertz CT molecular complexity index is 732. The van der Waals surface area contributed by atoms with E-state index in [1.165, 1.54) is 0 Å². The molecule has 1 aromatic carbocycles. The summed E-state index contributed by atoms with van der Waals surface area (Å²) < 4.78 is 0. The molecule has 2 N–H and O–H groups in total. The minimum absolute atomic E-state index is 0. The molecule has 0 bridgehead atoms. The van der Waals surface area contributed by atoms with E-state index in [0.717, 1.165) is 16.9 Å². The summed E-state index contributed by atoms with van der Waals surface area (Å²) in [5.74, 6) is -0.988. The van der Waals surface area contributed by atoms with Gasteiger partial charge in [-0.2, -0.15) is 0 Å². The summed E-state index contributed by atoms with van der Waals surface area (Å²) in [4.78, 5) is 40.3. The molecule has 2 aliphatic rings. The molecular formula is C18H24ClN3O3. The van der Waals surface area contributed by atoms with Gasteiger partial charge in [-0.1, -0.05) is 25.5 Å². The Labute approximate surface area is 153 Å². The van der Waals surface area contributed by atoms with Crippen LogP contribution in [0.5, 0.6) is 0 Å². The second kappa shape index (κ2) is 6.77. The summed E-state index contributed by atoms with van der Waals surface area (Å²) in [5.41, 5.74) is 7.59. The van der Waals surface area contributed by atoms with Gasteiger partial charge in [0.2, 0.25) is 5.91 Å². The van der Waals surface area contributed by atoms with Crippen LogP contribution in [0.25, 0.3) is 0 Å². The molecule has 2 aliphatic heterocycles. The summed E-state index contributed by atoms with van der Waals surface area (Å²) in [7, 11) is 0. The maximum absolute atomic E-state index is 12.6. The van der Waals surface area contributed by atoms with E-state index in [4.69, 9.17) is 5.73 Å². The molecule has 25 heavy (non-hydrogen) atoms. The number of likely N-dealkylation sites (tertiary alicyclic amines) is 1. The number of hydrogen-bond donors (Lipinski definition) is 1. The van der Waals surface area contributed by atoms with Gasteiger partial charge in [0.25, 0.3) is 11.8 Å². The van der Waals surface area contributed by atoms with Crippen molar-refractivity contribution in [1.82, 2.24) is 9.80 Å². The number of aryl methyl sites for hydroxylation is 1. The second-order valence-corrected chi connectivity index (χ2v) is 7.44. The van der Waals surface area contributed by atoms with Gasteiger partial charge in [0.05, 0.1) is 11.1 Å². The highest BCUT2D eigenvalue weighted by Gasteiger charge is 2.40. The monoisotopic (exact) mass is 365 g/mol. The number of imide groups is 1. The summed E-state index contributed by atoms with van der Waals surface area (Å²) in [5, 5.41) is 0. The molecule has 1 aromatic rings. The van der Waals surface area contributed by atoms with Crippen molar-refractivity contribution in [3.8, 4) is 0 Å². The number of rotatable bonds is 2. The molecule has 0 spiro atoms. The maximum atomic E-state index is 12.6. The first-order valence-corrected chi connectivity index (χ1v) is 8.21. The van der Waals surface area contributed by atoms with Crippen LogP contribution < -0.4 is 5.73 Å². The smallest absolute Gasteiger partial charge is 0.262 e. The summed E-state index contributed by atoms with van der Waals surface area (Å²) in [6.45, 7) is 6.81. The molecule has 7 heteroatoms. The molecular weight excluding hydrogens is 342 g/mol. The van der Waals surface area contributed by atoms with Crippen LogP contribution in [-0.4, -0.2) is 53.2 Å². The lowest BCUT2D eigenvalue weighted by Gasteiger charge is -2.42. The highest BCUT2D eigenvalue weighted by atomic mass is 35.5. The fraction of sp³-hybridized carbons (Fsp3) is 0.500. The number of carbonyl (C=O) groups excluding carboxylic acids is 3. The van der Waals surface area contributed by atoms with E-state index in [2.05, 4.69) is 0 Å². The first kappa shape index (κ1) is 19.4. The van der Waals surface area contributed by atoms with Crippen LogP contribution in [0.4, 0.5) is 0 Å². The fourth-order valence-corrected chi connectivity index (χ4v) is 3.37. The van der Waals surface area contributed by atoms with Crippen molar-refractivity contribution in [2.24, 2.45) is 11.1 Å². The number of amides is 3. The second-order valence-electron chi connectivity index (χ2n) is 7.44. The normalized spacial score (nSPS) is 21.8. The molecule has 3 rings (SSSR count). The number of benzene rings is 1. The van der Waals surface area contributed by atoms with E-state index in [-0.39, 0.29) is 42.2 Å². The molecule has 3 amide bonds. The van der Waals surface area contributed by atoms with Crippen LogP contribution in [0.2, 0.25) is 0 Å². The summed E-state index contributed by atoms with van der Waals surface area (Å²) in [6, 6.07) is 5.19. The van der Waals surface area contributed by atoms with Gasteiger partial charge in [0, 0.05) is 19.1 Å². The summed E-state index contributed by atoms with van der Waals surface area (Å²) >= 11 is 0. The van der Waals surface area contributed by atoms with Gasteiger partial charge in [-0.15, -0.1) is 12.4 Å². The number of nitrogens with two attached hydrogens (primary N) is 1. The Morgan fingerprint density at radius 3 is 2.52 bits per heavy atom. The van der Waals surface area contributed by atoms with Crippen LogP contribution in [0, 0.1) is 12.3 Å². The lowest BCUT2D eigenvalue weighted by Crippen LogP contribution is -2.55. The molecule has 0 aromatic heterocycles. The van der Waals surface area contributed by atoms with Crippen molar-refractivity contribution >= 4 is 30.1 Å². The van der Waals surface area contributed by atoms with Crippen molar-refractivity contribution in [1.29, 1.82) is 0 Å². The Balaban J connectivity index is 0.00000225. The van der Waals surface area contributed by atoms with Crippen molar-refractivity contribution in [3.63, 3.8) is 0 Å². The quantitative estimate of drug-likeness (QED) is 0.807. The van der Waals surface area contributed by atoms with Crippen molar-refractivity contribution in [2.75, 3.05) is 19.6 Å². The topological polar surface area (TPSA) is 83.7 Å². The number of halogens is 1. The third-order valence-corrected chi connectivity index (χ3v) is 5.08. The Kier molecular flexibility index (Phi) is 5.25. The molecule has 1 saturated heterocycles. The first-order chi connectivity index (χ1) is 11.2. The third kappa shape index (κ3) is 3.41. The average molecular weight is 366 g/mol. The summed E-state index contributed by atoms with van der Waals surface area (Å²) in [6.07, 6.45) is 0.722. The van der Waals surface area contributed by atoms with E-state index >= 15 is 0 Å². The minimum atomic E-state index is -0.392. The zero-order chi connectivity index (χ0) is 17.6. The number of hydrogen-bond acceptors (Lipinski definition) is 4. The first-order valence-electron chi connectivity index (χ1n) is 8.21. The van der Waals surface area contributed by atoms with Gasteiger partial charge in [0.1, 0.15) is 6.54 Å². The highest BCUT2D eigenvalue weighted by molar-refractivity contribution is 6.22. The van der Waals surface area contributed by atoms with E-state index in [1.807, 2.05) is 20.8 Å². The predicted octanol–water partition coefficient (Wildman–Crippen LogP) is 1.60. The molecule has 0 aliphatic carbocycles. The zero-order valence-electron chi connectivity index (χ0n) is 14.7. The molecule has 1 atom stereocenters. The molecule has 0 radical (unpaired) electrons. The van der Waals surface area contributed by atoms with E-state index in [9.17, 15) is 14.4 Å². The molecule has 0 saturated carbocycles. The highest BCUT2D eigenvalue weighted by Crippen LogP contribution is 2.28. The van der Waals surface area contributed by atoms with E-state index in [1.54, 1.807) is 23.1 Å². The van der Waals surface area contributed by atoms with Gasteiger partial charge >= 0.3 is 0 Å². The average Bonchev–Trinajstić information content (AvgIpc) is 2.74. The van der Waals surface area contributed by atoms with Crippen LogP contribution in [0.3, 0.4) is 0 Å². The SMILES string of the molecule is Cc1ccc2c(c1)C(=O)N(CC(=O)N1CCC(N)C(C)(C)C1)C2=O.Cl. The third-order valence-electron chi connectivity index (χ3n) is 5.08. The number of fused-ring (bicyclic) bond motifs is 1. The van der Waals surface area contributed by atoms with Crippen molar-refractivity contribution < 1.29 is 14.4 Å². The number of piperidine rings is 1. The van der Waals surface area contributed by atoms with Gasteiger partial charge in [-0.05, 0) is 30.9 Å². The fourth-order valence-electron chi connectivity index (χ4n) is 3.37. The molecule has 1 unspecified atom stereocenters. The lowest BCUT2D eigenvalue weighted by molar-refractivity contribution is -0.134. The molecule has 1 fully saturated rings. The van der Waals surface area contributed by atoms with Crippen molar-refractivity contribution in [2.45, 2.75) is 33.2 Å². The van der Waals surface area contributed by atoms with E-state index in [0.29, 0.717) is 24.2 Å². The lowest BCUT2D eigenvalue weighted by atomic mass is 9.79. The number of carbonyl (C=O) groups is 3. The molecule has 6 nitrogen and oxygen atoms in total. The Hall–Kier alpha value is -1.92.